The molecule has 1 aliphatic rings. The molecule has 1 atom stereocenters. The number of imide groups is 1. The minimum Gasteiger partial charge on any atom is -0.324 e. The number of anilines is 1. The molecule has 0 bridgehead atoms. The van der Waals surface area contributed by atoms with Crippen LogP contribution in [0.25, 0.3) is 0 Å². The SMILES string of the molecule is CC(C)CC(C(=O)Nc1ccc(Cl)c([N+](=O)[O-])c1)N1C(=O)c2ccccc2C1=O. The largest absolute Gasteiger partial charge is 0.324 e. The second-order valence-electron chi connectivity index (χ2n) is 7.08. The number of nitro groups is 1. The Balaban J connectivity index is 1.91. The van der Waals surface area contributed by atoms with Crippen molar-refractivity contribution in [1.82, 2.24) is 4.90 Å². The van der Waals surface area contributed by atoms with Gasteiger partial charge < -0.3 is 5.32 Å². The monoisotopic (exact) mass is 415 g/mol. The molecule has 3 amide bonds. The smallest absolute Gasteiger partial charge is 0.289 e. The highest BCUT2D eigenvalue weighted by Gasteiger charge is 2.42. The van der Waals surface area contributed by atoms with Crippen LogP contribution in [0.15, 0.2) is 42.5 Å². The zero-order valence-electron chi connectivity index (χ0n) is 15.7. The standard InChI is InChI=1S/C20H18ClN3O5/c1-11(2)9-17(23-19(26)13-5-3-4-6-14(13)20(23)27)18(25)22-12-7-8-15(21)16(10-12)24(28)29/h3-8,10-11,17H,9H2,1-2H3,(H,22,25). The number of nitrogens with zero attached hydrogens (tertiary/aromatic N) is 2. The maximum Gasteiger partial charge on any atom is 0.289 e. The highest BCUT2D eigenvalue weighted by molar-refractivity contribution is 6.32. The summed E-state index contributed by atoms with van der Waals surface area (Å²) in [5, 5.41) is 13.6. The molecular formula is C20H18ClN3O5. The minimum absolute atomic E-state index is 0.00890. The molecule has 0 saturated carbocycles. The van der Waals surface area contributed by atoms with Gasteiger partial charge >= 0.3 is 0 Å². The average molecular weight is 416 g/mol. The summed E-state index contributed by atoms with van der Waals surface area (Å²) in [5.74, 6) is -1.67. The molecule has 0 spiro atoms. The summed E-state index contributed by atoms with van der Waals surface area (Å²) in [7, 11) is 0. The van der Waals surface area contributed by atoms with Crippen molar-refractivity contribution >= 4 is 40.7 Å². The van der Waals surface area contributed by atoms with Gasteiger partial charge in [-0.3, -0.25) is 29.4 Å². The molecule has 0 aliphatic carbocycles. The lowest BCUT2D eigenvalue weighted by atomic mass is 10.0. The Morgan fingerprint density at radius 1 is 1.14 bits per heavy atom. The number of nitro benzene ring substituents is 1. The van der Waals surface area contributed by atoms with E-state index in [2.05, 4.69) is 5.32 Å². The molecule has 1 heterocycles. The third-order valence-electron chi connectivity index (χ3n) is 4.54. The number of hydrogen-bond donors (Lipinski definition) is 1. The summed E-state index contributed by atoms with van der Waals surface area (Å²) in [6.45, 7) is 3.73. The fourth-order valence-corrected chi connectivity index (χ4v) is 3.41. The van der Waals surface area contributed by atoms with Gasteiger partial charge in [-0.15, -0.1) is 0 Å². The van der Waals surface area contributed by atoms with Gasteiger partial charge in [-0.25, -0.2) is 0 Å². The molecule has 150 valence electrons. The topological polar surface area (TPSA) is 110 Å². The molecule has 0 saturated heterocycles. The van der Waals surface area contributed by atoms with Gasteiger partial charge in [0.2, 0.25) is 5.91 Å². The van der Waals surface area contributed by atoms with Gasteiger partial charge in [0.1, 0.15) is 11.1 Å². The number of rotatable bonds is 6. The molecule has 1 N–H and O–H groups in total. The Kier molecular flexibility index (Phi) is 5.65. The number of halogens is 1. The van der Waals surface area contributed by atoms with Crippen molar-refractivity contribution in [3.05, 3.63) is 68.7 Å². The summed E-state index contributed by atoms with van der Waals surface area (Å²) in [4.78, 5) is 49.9. The highest BCUT2D eigenvalue weighted by atomic mass is 35.5. The molecule has 0 fully saturated rings. The lowest BCUT2D eigenvalue weighted by Crippen LogP contribution is -2.47. The molecule has 8 nitrogen and oxygen atoms in total. The van der Waals surface area contributed by atoms with Crippen molar-refractivity contribution in [2.45, 2.75) is 26.3 Å². The first-order chi connectivity index (χ1) is 13.7. The Labute approximate surface area is 171 Å². The molecule has 2 aromatic carbocycles. The van der Waals surface area contributed by atoms with Crippen molar-refractivity contribution in [3.63, 3.8) is 0 Å². The van der Waals surface area contributed by atoms with E-state index in [1.165, 1.54) is 12.1 Å². The van der Waals surface area contributed by atoms with Gasteiger partial charge in [-0.2, -0.15) is 0 Å². The van der Waals surface area contributed by atoms with Crippen molar-refractivity contribution in [2.24, 2.45) is 5.92 Å². The van der Waals surface area contributed by atoms with E-state index in [9.17, 15) is 24.5 Å². The molecule has 0 radical (unpaired) electrons. The summed E-state index contributed by atoms with van der Waals surface area (Å²) >= 11 is 5.80. The van der Waals surface area contributed by atoms with Crippen LogP contribution in [0.1, 0.15) is 41.0 Å². The number of benzene rings is 2. The van der Waals surface area contributed by atoms with Crippen LogP contribution in [0.2, 0.25) is 5.02 Å². The summed E-state index contributed by atoms with van der Waals surface area (Å²) in [6.07, 6.45) is 0.243. The third-order valence-corrected chi connectivity index (χ3v) is 4.86. The van der Waals surface area contributed by atoms with Gasteiger partial charge in [-0.1, -0.05) is 37.6 Å². The Bertz CT molecular complexity index is 986. The lowest BCUT2D eigenvalue weighted by Gasteiger charge is -2.26. The maximum absolute atomic E-state index is 13.0. The number of hydrogen-bond acceptors (Lipinski definition) is 5. The number of carbonyl (C=O) groups excluding carboxylic acids is 3. The second kappa shape index (κ2) is 8.00. The number of carbonyl (C=O) groups is 3. The fraction of sp³-hybridized carbons (Fsp3) is 0.250. The summed E-state index contributed by atoms with van der Waals surface area (Å²) in [6, 6.07) is 9.18. The van der Waals surface area contributed by atoms with Crippen LogP contribution in [0.3, 0.4) is 0 Å². The zero-order chi connectivity index (χ0) is 21.3. The molecule has 0 aromatic heterocycles. The summed E-state index contributed by atoms with van der Waals surface area (Å²) < 4.78 is 0. The van der Waals surface area contributed by atoms with E-state index >= 15 is 0 Å². The predicted molar refractivity (Wildman–Crippen MR) is 107 cm³/mol. The fourth-order valence-electron chi connectivity index (χ4n) is 3.22. The lowest BCUT2D eigenvalue weighted by molar-refractivity contribution is -0.384. The van der Waals surface area contributed by atoms with Crippen molar-refractivity contribution in [2.75, 3.05) is 5.32 Å². The number of nitrogens with one attached hydrogen (secondary N) is 1. The van der Waals surface area contributed by atoms with Crippen LogP contribution >= 0.6 is 11.6 Å². The van der Waals surface area contributed by atoms with Crippen LogP contribution in [0, 0.1) is 16.0 Å². The second-order valence-corrected chi connectivity index (χ2v) is 7.49. The molecule has 9 heteroatoms. The Hall–Kier alpha value is -3.26. The molecule has 1 unspecified atom stereocenters. The van der Waals surface area contributed by atoms with E-state index < -0.39 is 28.7 Å². The first kappa shape index (κ1) is 20.5. The van der Waals surface area contributed by atoms with Crippen molar-refractivity contribution in [3.8, 4) is 0 Å². The van der Waals surface area contributed by atoms with Crippen LogP contribution in [-0.2, 0) is 4.79 Å². The first-order valence-electron chi connectivity index (χ1n) is 8.92. The molecular weight excluding hydrogens is 398 g/mol. The molecule has 2 aromatic rings. The Morgan fingerprint density at radius 3 is 2.24 bits per heavy atom. The van der Waals surface area contributed by atoms with Gasteiger partial charge in [0.05, 0.1) is 16.1 Å². The zero-order valence-corrected chi connectivity index (χ0v) is 16.5. The maximum atomic E-state index is 13.0. The van der Waals surface area contributed by atoms with Crippen LogP contribution in [0.4, 0.5) is 11.4 Å². The van der Waals surface area contributed by atoms with Gasteiger partial charge in [0.15, 0.2) is 0 Å². The molecule has 3 rings (SSSR count). The average Bonchev–Trinajstić information content (AvgIpc) is 2.92. The normalized spacial score (nSPS) is 14.1. The van der Waals surface area contributed by atoms with E-state index in [-0.39, 0.29) is 39.9 Å². The quantitative estimate of drug-likeness (QED) is 0.437. The van der Waals surface area contributed by atoms with Crippen molar-refractivity contribution < 1.29 is 19.3 Å². The van der Waals surface area contributed by atoms with Crippen LogP contribution < -0.4 is 5.32 Å². The summed E-state index contributed by atoms with van der Waals surface area (Å²) in [5.41, 5.74) is 0.296. The minimum atomic E-state index is -1.06. The molecule has 1 aliphatic heterocycles. The van der Waals surface area contributed by atoms with Crippen LogP contribution in [-0.4, -0.2) is 33.6 Å². The van der Waals surface area contributed by atoms with Gasteiger partial charge in [-0.05, 0) is 36.6 Å². The van der Waals surface area contributed by atoms with E-state index in [0.29, 0.717) is 0 Å². The van der Waals surface area contributed by atoms with E-state index in [1.807, 2.05) is 13.8 Å². The highest BCUT2D eigenvalue weighted by Crippen LogP contribution is 2.30. The van der Waals surface area contributed by atoms with Crippen molar-refractivity contribution in [1.29, 1.82) is 0 Å². The predicted octanol–water partition coefficient (Wildman–Crippen LogP) is 3.90. The molecule has 29 heavy (non-hydrogen) atoms. The van der Waals surface area contributed by atoms with Gasteiger partial charge in [0, 0.05) is 11.8 Å². The van der Waals surface area contributed by atoms with Crippen LogP contribution in [0.5, 0.6) is 0 Å². The third kappa shape index (κ3) is 3.97. The van der Waals surface area contributed by atoms with Gasteiger partial charge in [0.25, 0.3) is 17.5 Å². The van der Waals surface area contributed by atoms with E-state index in [4.69, 9.17) is 11.6 Å². The van der Waals surface area contributed by atoms with E-state index in [1.54, 1.807) is 24.3 Å². The van der Waals surface area contributed by atoms with E-state index in [0.717, 1.165) is 11.0 Å². The number of amides is 3. The Morgan fingerprint density at radius 2 is 1.72 bits per heavy atom. The first-order valence-corrected chi connectivity index (χ1v) is 9.30. The number of fused-ring (bicyclic) bond motifs is 1.